The molecule has 0 bridgehead atoms. The largest absolute Gasteiger partial charge is 0.452 e. The van der Waals surface area contributed by atoms with E-state index < -0.39 is 0 Å². The Bertz CT molecular complexity index is 2420. The van der Waals surface area contributed by atoms with Gasteiger partial charge in [-0.3, -0.25) is 4.90 Å². The molecule has 0 saturated heterocycles. The van der Waals surface area contributed by atoms with Gasteiger partial charge in [0.1, 0.15) is 5.58 Å². The first kappa shape index (κ1) is 25.8. The summed E-state index contributed by atoms with van der Waals surface area (Å²) in [7, 11) is 0. The van der Waals surface area contributed by atoms with E-state index in [9.17, 15) is 0 Å². The number of rotatable bonds is 4. The number of anilines is 3. The smallest absolute Gasteiger partial charge is 0.181 e. The van der Waals surface area contributed by atoms with Crippen molar-refractivity contribution in [2.24, 2.45) is 0 Å². The molecule has 0 N–H and O–H groups in total. The van der Waals surface area contributed by atoms with E-state index in [0.717, 1.165) is 39.1 Å². The predicted octanol–water partition coefficient (Wildman–Crippen LogP) is 11.6. The molecule has 45 heavy (non-hydrogen) atoms. The fourth-order valence-electron chi connectivity index (χ4n) is 7.21. The number of nitrogens with zero attached hydrogens (tertiary/aromatic N) is 2. The zero-order chi connectivity index (χ0) is 30.1. The second-order valence-corrected chi connectivity index (χ2v) is 12.5. The molecule has 0 aliphatic heterocycles. The number of hydrogen-bond acceptors (Lipinski definition) is 3. The van der Waals surface area contributed by atoms with Crippen molar-refractivity contribution < 1.29 is 4.42 Å². The zero-order valence-corrected chi connectivity index (χ0v) is 25.2. The highest BCUT2D eigenvalue weighted by atomic mass is 16.3. The molecule has 9 rings (SSSR count). The molecule has 3 nitrogen and oxygen atoms in total. The van der Waals surface area contributed by atoms with Crippen molar-refractivity contribution in [3.05, 3.63) is 157 Å². The van der Waals surface area contributed by atoms with Crippen molar-refractivity contribution in [2.45, 2.75) is 19.3 Å². The maximum absolute atomic E-state index is 6.52. The summed E-state index contributed by atoms with van der Waals surface area (Å²) < 4.78 is 6.52. The predicted molar refractivity (Wildman–Crippen MR) is 187 cm³/mol. The lowest BCUT2D eigenvalue weighted by Crippen LogP contribution is -2.15. The van der Waals surface area contributed by atoms with E-state index in [1.165, 1.54) is 44.2 Å². The Morgan fingerprint density at radius 2 is 1.27 bits per heavy atom. The lowest BCUT2D eigenvalue weighted by Gasteiger charge is -2.26. The highest BCUT2D eigenvalue weighted by Crippen LogP contribution is 2.51. The van der Waals surface area contributed by atoms with Crippen LogP contribution < -0.4 is 4.90 Å². The van der Waals surface area contributed by atoms with Crippen LogP contribution in [-0.4, -0.2) is 4.98 Å². The average Bonchev–Trinajstić information content (AvgIpc) is 3.58. The molecule has 0 unspecified atom stereocenters. The summed E-state index contributed by atoms with van der Waals surface area (Å²) in [5.41, 5.74) is 11.3. The van der Waals surface area contributed by atoms with Crippen LogP contribution in [0.5, 0.6) is 0 Å². The molecular weight excluding hydrogens is 548 g/mol. The van der Waals surface area contributed by atoms with Crippen molar-refractivity contribution >= 4 is 49.9 Å². The van der Waals surface area contributed by atoms with E-state index in [2.05, 4.69) is 140 Å². The van der Waals surface area contributed by atoms with Crippen LogP contribution in [0.25, 0.3) is 55.0 Å². The average molecular weight is 579 g/mol. The van der Waals surface area contributed by atoms with Crippen molar-refractivity contribution in [2.75, 3.05) is 4.90 Å². The molecular formula is C42H30N2O. The maximum atomic E-state index is 6.52. The third kappa shape index (κ3) is 3.94. The third-order valence-electron chi connectivity index (χ3n) is 9.52. The van der Waals surface area contributed by atoms with Crippen molar-refractivity contribution in [3.63, 3.8) is 0 Å². The summed E-state index contributed by atoms with van der Waals surface area (Å²) in [5.74, 6) is 0.771. The molecule has 6 aromatic carbocycles. The Balaban J connectivity index is 1.23. The topological polar surface area (TPSA) is 29.3 Å². The molecule has 2 heterocycles. The van der Waals surface area contributed by atoms with Crippen molar-refractivity contribution in [1.82, 2.24) is 4.98 Å². The molecule has 8 aromatic rings. The number of furan rings is 1. The number of pyridine rings is 1. The van der Waals surface area contributed by atoms with Gasteiger partial charge < -0.3 is 4.42 Å². The summed E-state index contributed by atoms with van der Waals surface area (Å²) in [4.78, 5) is 7.21. The van der Waals surface area contributed by atoms with Crippen LogP contribution in [0.4, 0.5) is 17.2 Å². The van der Waals surface area contributed by atoms with E-state index in [4.69, 9.17) is 9.40 Å². The third-order valence-corrected chi connectivity index (χ3v) is 9.52. The number of hydrogen-bond donors (Lipinski definition) is 0. The minimum atomic E-state index is -0.0617. The lowest BCUT2D eigenvalue weighted by atomic mass is 9.82. The van der Waals surface area contributed by atoms with E-state index >= 15 is 0 Å². The molecule has 0 radical (unpaired) electrons. The summed E-state index contributed by atoms with van der Waals surface area (Å²) in [6.07, 6.45) is 1.89. The lowest BCUT2D eigenvalue weighted by molar-refractivity contribution is 0.660. The van der Waals surface area contributed by atoms with Crippen molar-refractivity contribution in [3.8, 4) is 22.3 Å². The highest BCUT2D eigenvalue weighted by molar-refractivity contribution is 6.09. The highest BCUT2D eigenvalue weighted by Gasteiger charge is 2.35. The summed E-state index contributed by atoms with van der Waals surface area (Å²) >= 11 is 0. The Hall–Kier alpha value is -5.67. The Morgan fingerprint density at radius 3 is 2.16 bits per heavy atom. The van der Waals surface area contributed by atoms with Gasteiger partial charge in [-0.05, 0) is 86.6 Å². The van der Waals surface area contributed by atoms with Gasteiger partial charge in [-0.2, -0.15) is 0 Å². The van der Waals surface area contributed by atoms with Gasteiger partial charge in [0, 0.05) is 33.8 Å². The van der Waals surface area contributed by atoms with Gasteiger partial charge in [-0.15, -0.1) is 0 Å². The quantitative estimate of drug-likeness (QED) is 0.208. The number of para-hydroxylation sites is 1. The minimum absolute atomic E-state index is 0.0617. The fraction of sp³-hybridized carbons (Fsp3) is 0.0714. The molecule has 1 aliphatic rings. The van der Waals surface area contributed by atoms with Crippen LogP contribution >= 0.6 is 0 Å². The summed E-state index contributed by atoms with van der Waals surface area (Å²) in [6, 6.07) is 49.8. The van der Waals surface area contributed by atoms with Crippen molar-refractivity contribution in [1.29, 1.82) is 0 Å². The maximum Gasteiger partial charge on any atom is 0.181 e. The Labute approximate surface area is 262 Å². The van der Waals surface area contributed by atoms with Crippen LogP contribution in [-0.2, 0) is 5.41 Å². The fourth-order valence-corrected chi connectivity index (χ4v) is 7.21. The molecule has 0 spiro atoms. The van der Waals surface area contributed by atoms with Crippen LogP contribution in [0.15, 0.2) is 150 Å². The van der Waals surface area contributed by atoms with E-state index in [1.807, 2.05) is 24.4 Å². The standard InChI is InChI=1S/C42H30N2O/c1-42(2)37-13-7-5-11-33(37)36-26-32(21-22-38(36)42)44(41-40-35(23-24-43-41)34-12-6-8-14-39(34)45-40)31-19-17-28(18-20-31)30-16-15-27-9-3-4-10-29(27)25-30/h3-26H,1-2H3. The zero-order valence-electron chi connectivity index (χ0n) is 25.2. The van der Waals surface area contributed by atoms with Crippen LogP contribution in [0.1, 0.15) is 25.0 Å². The molecule has 0 amide bonds. The van der Waals surface area contributed by atoms with E-state index in [0.29, 0.717) is 0 Å². The monoisotopic (exact) mass is 578 g/mol. The number of benzene rings is 6. The Kier molecular flexibility index (Phi) is 5.54. The van der Waals surface area contributed by atoms with Gasteiger partial charge in [-0.1, -0.05) is 111 Å². The van der Waals surface area contributed by atoms with Gasteiger partial charge in [0.25, 0.3) is 0 Å². The molecule has 0 atom stereocenters. The van der Waals surface area contributed by atoms with Gasteiger partial charge in [0.2, 0.25) is 0 Å². The molecule has 1 aliphatic carbocycles. The van der Waals surface area contributed by atoms with Crippen LogP contribution in [0.2, 0.25) is 0 Å². The first-order valence-electron chi connectivity index (χ1n) is 15.5. The second-order valence-electron chi connectivity index (χ2n) is 12.5. The van der Waals surface area contributed by atoms with Crippen LogP contribution in [0, 0.1) is 0 Å². The van der Waals surface area contributed by atoms with E-state index in [-0.39, 0.29) is 5.41 Å². The van der Waals surface area contributed by atoms with Gasteiger partial charge in [0.15, 0.2) is 11.4 Å². The normalized spacial score (nSPS) is 13.3. The van der Waals surface area contributed by atoms with Gasteiger partial charge >= 0.3 is 0 Å². The Morgan fingerprint density at radius 1 is 0.556 bits per heavy atom. The molecule has 0 saturated carbocycles. The molecule has 3 heteroatoms. The number of aromatic nitrogens is 1. The molecule has 2 aromatic heterocycles. The second kappa shape index (κ2) is 9.67. The van der Waals surface area contributed by atoms with Crippen LogP contribution in [0.3, 0.4) is 0 Å². The SMILES string of the molecule is CC1(C)c2ccccc2-c2cc(N(c3ccc(-c4ccc5ccccc5c4)cc3)c3nccc4c3oc3ccccc34)ccc21. The number of fused-ring (bicyclic) bond motifs is 7. The minimum Gasteiger partial charge on any atom is -0.452 e. The van der Waals surface area contributed by atoms with E-state index in [1.54, 1.807) is 0 Å². The van der Waals surface area contributed by atoms with Gasteiger partial charge in [-0.25, -0.2) is 4.98 Å². The summed E-state index contributed by atoms with van der Waals surface area (Å²) in [6.45, 7) is 4.63. The molecule has 214 valence electrons. The first-order valence-corrected chi connectivity index (χ1v) is 15.5. The summed E-state index contributed by atoms with van der Waals surface area (Å²) in [5, 5.41) is 4.63. The molecule has 0 fully saturated rings. The van der Waals surface area contributed by atoms with Gasteiger partial charge in [0.05, 0.1) is 0 Å². The first-order chi connectivity index (χ1) is 22.1.